The second-order valence-electron chi connectivity index (χ2n) is 9.08. The third-order valence-corrected chi connectivity index (χ3v) is 6.83. The zero-order chi connectivity index (χ0) is 23.5. The Morgan fingerprint density at radius 3 is 1.12 bits per heavy atom. The van der Waals surface area contributed by atoms with Crippen LogP contribution in [-0.4, -0.2) is 10.2 Å². The Balaban J connectivity index is 1.58. The third-order valence-electron chi connectivity index (χ3n) is 6.83. The van der Waals surface area contributed by atoms with Crippen molar-refractivity contribution in [2.75, 3.05) is 0 Å². The summed E-state index contributed by atoms with van der Waals surface area (Å²) in [6.45, 7) is 5.87. The van der Waals surface area contributed by atoms with Crippen molar-refractivity contribution >= 4 is 0 Å². The molecule has 4 aromatic rings. The predicted molar refractivity (Wildman–Crippen MR) is 135 cm³/mol. The molecular formula is C31H32O2. The average molecular weight is 437 g/mol. The van der Waals surface area contributed by atoms with Gasteiger partial charge in [-0.05, 0) is 53.6 Å². The lowest BCUT2D eigenvalue weighted by Gasteiger charge is -2.26. The van der Waals surface area contributed by atoms with Crippen LogP contribution in [0.3, 0.4) is 0 Å². The summed E-state index contributed by atoms with van der Waals surface area (Å²) in [7, 11) is 0. The fourth-order valence-corrected chi connectivity index (χ4v) is 4.60. The second kappa shape index (κ2) is 9.35. The van der Waals surface area contributed by atoms with Crippen LogP contribution >= 0.6 is 0 Å². The van der Waals surface area contributed by atoms with Crippen molar-refractivity contribution in [3.05, 3.63) is 143 Å². The Bertz CT molecular complexity index is 1060. The molecule has 33 heavy (non-hydrogen) atoms. The monoisotopic (exact) mass is 436 g/mol. The van der Waals surface area contributed by atoms with E-state index in [-0.39, 0.29) is 5.92 Å². The van der Waals surface area contributed by atoms with Gasteiger partial charge in [0.05, 0.1) is 0 Å². The topological polar surface area (TPSA) is 40.5 Å². The van der Waals surface area contributed by atoms with Crippen molar-refractivity contribution in [1.82, 2.24) is 0 Å². The lowest BCUT2D eigenvalue weighted by molar-refractivity contribution is 0.102. The molecule has 0 aliphatic carbocycles. The molecule has 2 heteroatoms. The Kier molecular flexibility index (Phi) is 6.51. The molecule has 0 aromatic heterocycles. The van der Waals surface area contributed by atoms with E-state index < -0.39 is 11.2 Å². The van der Waals surface area contributed by atoms with Gasteiger partial charge in [0.1, 0.15) is 11.2 Å². The molecule has 0 fully saturated rings. The molecule has 0 radical (unpaired) electrons. The van der Waals surface area contributed by atoms with Crippen LogP contribution in [0.25, 0.3) is 0 Å². The molecular weight excluding hydrogens is 404 g/mol. The minimum Gasteiger partial charge on any atom is -0.381 e. The smallest absolute Gasteiger partial charge is 0.112 e. The molecule has 0 bridgehead atoms. The highest BCUT2D eigenvalue weighted by molar-refractivity contribution is 5.42. The third kappa shape index (κ3) is 4.64. The molecule has 2 N–H and O–H groups in total. The van der Waals surface area contributed by atoms with Crippen molar-refractivity contribution in [3.8, 4) is 0 Å². The van der Waals surface area contributed by atoms with Gasteiger partial charge in [-0.2, -0.15) is 0 Å². The van der Waals surface area contributed by atoms with E-state index in [1.54, 1.807) is 0 Å². The van der Waals surface area contributed by atoms with Crippen LogP contribution in [0.4, 0.5) is 0 Å². The molecule has 0 spiro atoms. The molecule has 168 valence electrons. The second-order valence-corrected chi connectivity index (χ2v) is 9.08. The molecule has 0 saturated carbocycles. The SMILES string of the molecule is CCC(c1ccc(C(C)(O)c2ccccc2)cc1)c1ccc(C(C)(O)c2ccccc2)cc1. The van der Waals surface area contributed by atoms with Crippen molar-refractivity contribution < 1.29 is 10.2 Å². The summed E-state index contributed by atoms with van der Waals surface area (Å²) in [4.78, 5) is 0. The van der Waals surface area contributed by atoms with Crippen LogP contribution in [-0.2, 0) is 11.2 Å². The zero-order valence-corrected chi connectivity index (χ0v) is 19.6. The lowest BCUT2D eigenvalue weighted by Crippen LogP contribution is -2.22. The molecule has 0 amide bonds. The maximum absolute atomic E-state index is 11.1. The van der Waals surface area contributed by atoms with Crippen molar-refractivity contribution in [2.24, 2.45) is 0 Å². The van der Waals surface area contributed by atoms with E-state index in [9.17, 15) is 10.2 Å². The van der Waals surface area contributed by atoms with E-state index in [0.29, 0.717) is 0 Å². The number of rotatable bonds is 7. The number of benzene rings is 4. The van der Waals surface area contributed by atoms with Crippen LogP contribution in [0, 0.1) is 0 Å². The van der Waals surface area contributed by atoms with Crippen LogP contribution in [0.1, 0.15) is 66.5 Å². The number of aliphatic hydroxyl groups is 2. The Morgan fingerprint density at radius 1 is 0.515 bits per heavy atom. The maximum atomic E-state index is 11.1. The van der Waals surface area contributed by atoms with Crippen molar-refractivity contribution in [2.45, 2.75) is 44.3 Å². The number of hydrogen-bond acceptors (Lipinski definition) is 2. The lowest BCUT2D eigenvalue weighted by atomic mass is 9.83. The number of hydrogen-bond donors (Lipinski definition) is 2. The Labute approximate surface area is 197 Å². The predicted octanol–water partition coefficient (Wildman–Crippen LogP) is 6.74. The quantitative estimate of drug-likeness (QED) is 0.337. The normalized spacial score (nSPS) is 15.9. The minimum absolute atomic E-state index is 0.247. The summed E-state index contributed by atoms with van der Waals surface area (Å²) in [6, 6.07) is 36.1. The summed E-state index contributed by atoms with van der Waals surface area (Å²) in [5.41, 5.74) is 3.87. The molecule has 2 unspecified atom stereocenters. The first-order valence-electron chi connectivity index (χ1n) is 11.6. The van der Waals surface area contributed by atoms with Gasteiger partial charge in [-0.1, -0.05) is 116 Å². The Hall–Kier alpha value is -3.20. The zero-order valence-electron chi connectivity index (χ0n) is 19.6. The van der Waals surface area contributed by atoms with E-state index in [1.807, 2.05) is 98.8 Å². The Morgan fingerprint density at radius 2 is 0.818 bits per heavy atom. The standard InChI is InChI=1S/C31H32O2/c1-4-29(23-15-19-27(20-16-23)30(2,32)25-11-7-5-8-12-25)24-17-21-28(22-18-24)31(3,33)26-13-9-6-10-14-26/h5-22,29,32-33H,4H2,1-3H3. The highest BCUT2D eigenvalue weighted by atomic mass is 16.3. The average Bonchev–Trinajstić information content (AvgIpc) is 2.86. The molecule has 4 aromatic carbocycles. The van der Waals surface area contributed by atoms with Gasteiger partial charge >= 0.3 is 0 Å². The highest BCUT2D eigenvalue weighted by Gasteiger charge is 2.27. The van der Waals surface area contributed by atoms with Gasteiger partial charge in [0, 0.05) is 5.92 Å². The van der Waals surface area contributed by atoms with E-state index in [2.05, 4.69) is 31.2 Å². The first-order valence-corrected chi connectivity index (χ1v) is 11.6. The highest BCUT2D eigenvalue weighted by Crippen LogP contribution is 2.34. The molecule has 2 atom stereocenters. The van der Waals surface area contributed by atoms with Crippen molar-refractivity contribution in [1.29, 1.82) is 0 Å². The first kappa shape index (κ1) is 23.0. The van der Waals surface area contributed by atoms with Crippen LogP contribution in [0.15, 0.2) is 109 Å². The van der Waals surface area contributed by atoms with Gasteiger partial charge in [-0.15, -0.1) is 0 Å². The molecule has 0 heterocycles. The van der Waals surface area contributed by atoms with Crippen LogP contribution < -0.4 is 0 Å². The van der Waals surface area contributed by atoms with E-state index in [1.165, 1.54) is 11.1 Å². The minimum atomic E-state index is -1.04. The van der Waals surface area contributed by atoms with Gasteiger partial charge in [-0.3, -0.25) is 0 Å². The molecule has 0 aliphatic heterocycles. The first-order chi connectivity index (χ1) is 15.8. The van der Waals surface area contributed by atoms with Gasteiger partial charge in [-0.25, -0.2) is 0 Å². The largest absolute Gasteiger partial charge is 0.381 e. The van der Waals surface area contributed by atoms with Gasteiger partial charge < -0.3 is 10.2 Å². The summed E-state index contributed by atoms with van der Waals surface area (Å²) in [5, 5.41) is 22.3. The molecule has 4 rings (SSSR count). The molecule has 2 nitrogen and oxygen atoms in total. The maximum Gasteiger partial charge on any atom is 0.112 e. The summed E-state index contributed by atoms with van der Waals surface area (Å²) in [5.74, 6) is 0.247. The van der Waals surface area contributed by atoms with E-state index in [0.717, 1.165) is 28.7 Å². The van der Waals surface area contributed by atoms with Crippen LogP contribution in [0.5, 0.6) is 0 Å². The summed E-state index contributed by atoms with van der Waals surface area (Å²) < 4.78 is 0. The van der Waals surface area contributed by atoms with Crippen LogP contribution in [0.2, 0.25) is 0 Å². The van der Waals surface area contributed by atoms with Crippen molar-refractivity contribution in [3.63, 3.8) is 0 Å². The van der Waals surface area contributed by atoms with E-state index in [4.69, 9.17) is 0 Å². The van der Waals surface area contributed by atoms with Gasteiger partial charge in [0.15, 0.2) is 0 Å². The van der Waals surface area contributed by atoms with Gasteiger partial charge in [0.25, 0.3) is 0 Å². The van der Waals surface area contributed by atoms with E-state index >= 15 is 0 Å². The fraction of sp³-hybridized carbons (Fsp3) is 0.226. The van der Waals surface area contributed by atoms with Gasteiger partial charge in [0.2, 0.25) is 0 Å². The summed E-state index contributed by atoms with van der Waals surface area (Å²) >= 11 is 0. The fourth-order valence-electron chi connectivity index (χ4n) is 4.60. The molecule has 0 aliphatic rings. The molecule has 0 saturated heterocycles. The summed E-state index contributed by atoms with van der Waals surface area (Å²) in [6.07, 6.45) is 0.961.